The topological polar surface area (TPSA) is 87.8 Å². The number of nitrogens with zero attached hydrogens (tertiary/aromatic N) is 2. The zero-order valence-electron chi connectivity index (χ0n) is 18.2. The molecule has 1 saturated heterocycles. The second-order valence-corrected chi connectivity index (χ2v) is 8.14. The van der Waals surface area contributed by atoms with E-state index in [1.165, 1.54) is 0 Å². The van der Waals surface area contributed by atoms with Crippen LogP contribution in [0, 0.1) is 0 Å². The first-order valence-electron chi connectivity index (χ1n) is 10.6. The molecule has 2 atom stereocenters. The maximum Gasteiger partial charge on any atom is 0.336 e. The summed E-state index contributed by atoms with van der Waals surface area (Å²) in [7, 11) is 1.62. The van der Waals surface area contributed by atoms with E-state index in [4.69, 9.17) is 21.4 Å². The van der Waals surface area contributed by atoms with Gasteiger partial charge in [-0.2, -0.15) is 0 Å². The second-order valence-electron chi connectivity index (χ2n) is 7.75. The molecule has 5 rings (SSSR count). The van der Waals surface area contributed by atoms with E-state index < -0.39 is 5.97 Å². The Bertz CT molecular complexity index is 1350. The van der Waals surface area contributed by atoms with Crippen LogP contribution in [0.3, 0.4) is 0 Å². The number of carboxylic acids is 1. The highest BCUT2D eigenvalue weighted by molar-refractivity contribution is 7.80. The van der Waals surface area contributed by atoms with Crippen LogP contribution < -0.4 is 15.0 Å². The SMILES string of the molecule is COc1cccc(N2C(=S)N[C@@H](c3ccccn3)[C@H]2c2ccc(-c3ccccc3C(=O)O)o2)c1. The monoisotopic (exact) mass is 471 g/mol. The molecule has 3 heterocycles. The highest BCUT2D eigenvalue weighted by atomic mass is 32.1. The van der Waals surface area contributed by atoms with Crippen LogP contribution in [0.25, 0.3) is 11.3 Å². The van der Waals surface area contributed by atoms with Gasteiger partial charge >= 0.3 is 5.97 Å². The van der Waals surface area contributed by atoms with Crippen LogP contribution in [0.2, 0.25) is 0 Å². The average molecular weight is 472 g/mol. The Morgan fingerprint density at radius 1 is 1.09 bits per heavy atom. The van der Waals surface area contributed by atoms with Crippen LogP contribution in [-0.4, -0.2) is 28.3 Å². The summed E-state index contributed by atoms with van der Waals surface area (Å²) in [5.74, 6) is 0.787. The minimum absolute atomic E-state index is 0.175. The first-order valence-corrected chi connectivity index (χ1v) is 11.0. The summed E-state index contributed by atoms with van der Waals surface area (Å²) in [4.78, 5) is 18.3. The quantitative estimate of drug-likeness (QED) is 0.370. The lowest BCUT2D eigenvalue weighted by molar-refractivity contribution is 0.0697. The maximum atomic E-state index is 11.7. The molecule has 1 aliphatic heterocycles. The number of pyridine rings is 1. The molecular weight excluding hydrogens is 450 g/mol. The fraction of sp³-hybridized carbons (Fsp3) is 0.115. The van der Waals surface area contributed by atoms with Gasteiger partial charge < -0.3 is 24.5 Å². The van der Waals surface area contributed by atoms with E-state index in [0.717, 1.165) is 11.4 Å². The third-order valence-electron chi connectivity index (χ3n) is 5.77. The Morgan fingerprint density at radius 2 is 1.91 bits per heavy atom. The molecule has 4 aromatic rings. The van der Waals surface area contributed by atoms with Crippen molar-refractivity contribution in [3.8, 4) is 17.1 Å². The number of hydrogen-bond acceptors (Lipinski definition) is 5. The lowest BCUT2D eigenvalue weighted by Crippen LogP contribution is -2.29. The number of furan rings is 1. The summed E-state index contributed by atoms with van der Waals surface area (Å²) in [5.41, 5.74) is 2.33. The van der Waals surface area contributed by atoms with Gasteiger partial charge in [-0.15, -0.1) is 0 Å². The van der Waals surface area contributed by atoms with E-state index in [0.29, 0.717) is 27.9 Å². The van der Waals surface area contributed by atoms with Gasteiger partial charge in [-0.25, -0.2) is 4.79 Å². The number of thiocarbonyl (C=S) groups is 1. The van der Waals surface area contributed by atoms with Crippen molar-refractivity contribution in [2.45, 2.75) is 12.1 Å². The fourth-order valence-electron chi connectivity index (χ4n) is 4.22. The third-order valence-corrected chi connectivity index (χ3v) is 6.09. The standard InChI is InChI=1S/C26H21N3O4S/c1-32-17-8-6-7-16(15-17)29-24(23(28-26(29)34)20-11-4-5-14-27-20)22-13-12-21(33-22)18-9-2-3-10-19(18)25(30)31/h2-15,23-24H,1H3,(H,28,34)(H,30,31)/t23-,24+/m0/s1. The summed E-state index contributed by atoms with van der Waals surface area (Å²) in [5, 5.41) is 13.5. The molecule has 0 unspecified atom stereocenters. The Kier molecular flexibility index (Phi) is 5.73. The number of carbonyl (C=O) groups is 1. The van der Waals surface area contributed by atoms with Crippen LogP contribution in [0.15, 0.2) is 89.5 Å². The van der Waals surface area contributed by atoms with Gasteiger partial charge in [0.05, 0.1) is 24.4 Å². The van der Waals surface area contributed by atoms with Crippen molar-refractivity contribution < 1.29 is 19.1 Å². The zero-order valence-corrected chi connectivity index (χ0v) is 19.0. The summed E-state index contributed by atoms with van der Waals surface area (Å²) < 4.78 is 11.7. The summed E-state index contributed by atoms with van der Waals surface area (Å²) in [6, 6.07) is 23.1. The van der Waals surface area contributed by atoms with Crippen molar-refractivity contribution in [3.05, 3.63) is 102 Å². The molecule has 0 bridgehead atoms. The molecule has 2 aromatic heterocycles. The molecule has 2 aromatic carbocycles. The van der Waals surface area contributed by atoms with Crippen molar-refractivity contribution in [2.75, 3.05) is 12.0 Å². The first kappa shape index (κ1) is 21.7. The summed E-state index contributed by atoms with van der Waals surface area (Å²) in [6.07, 6.45) is 1.74. The van der Waals surface area contributed by atoms with Crippen LogP contribution in [0.5, 0.6) is 5.75 Å². The van der Waals surface area contributed by atoms with E-state index >= 15 is 0 Å². The van der Waals surface area contributed by atoms with Crippen LogP contribution in [0.4, 0.5) is 5.69 Å². The third kappa shape index (κ3) is 3.88. The van der Waals surface area contributed by atoms with E-state index in [9.17, 15) is 9.90 Å². The van der Waals surface area contributed by atoms with Crippen LogP contribution in [-0.2, 0) is 0 Å². The lowest BCUT2D eigenvalue weighted by Gasteiger charge is -2.26. The smallest absolute Gasteiger partial charge is 0.336 e. The van der Waals surface area contributed by atoms with Crippen molar-refractivity contribution in [1.29, 1.82) is 0 Å². The normalized spacial score (nSPS) is 17.4. The largest absolute Gasteiger partial charge is 0.497 e. The Morgan fingerprint density at radius 3 is 2.68 bits per heavy atom. The van der Waals surface area contributed by atoms with Crippen LogP contribution >= 0.6 is 12.2 Å². The fourth-order valence-corrected chi connectivity index (χ4v) is 4.57. The van der Waals surface area contributed by atoms with Gasteiger partial charge in [0.2, 0.25) is 0 Å². The van der Waals surface area contributed by atoms with Crippen molar-refractivity contribution in [2.24, 2.45) is 0 Å². The number of nitrogens with one attached hydrogen (secondary N) is 1. The number of aromatic nitrogens is 1. The molecule has 0 amide bonds. The van der Waals surface area contributed by atoms with Crippen molar-refractivity contribution >= 4 is 29.0 Å². The number of benzene rings is 2. The predicted molar refractivity (Wildman–Crippen MR) is 132 cm³/mol. The number of anilines is 1. The molecule has 2 N–H and O–H groups in total. The molecule has 1 fully saturated rings. The molecule has 34 heavy (non-hydrogen) atoms. The van der Waals surface area contributed by atoms with Crippen molar-refractivity contribution in [1.82, 2.24) is 10.3 Å². The molecule has 0 spiro atoms. The molecule has 0 radical (unpaired) electrons. The minimum Gasteiger partial charge on any atom is -0.497 e. The number of hydrogen-bond donors (Lipinski definition) is 2. The van der Waals surface area contributed by atoms with E-state index in [1.807, 2.05) is 53.4 Å². The maximum absolute atomic E-state index is 11.7. The minimum atomic E-state index is -1.01. The molecule has 1 aliphatic rings. The second kappa shape index (κ2) is 8.99. The van der Waals surface area contributed by atoms with E-state index in [-0.39, 0.29) is 17.6 Å². The highest BCUT2D eigenvalue weighted by Crippen LogP contribution is 2.43. The molecule has 0 aliphatic carbocycles. The number of carboxylic acid groups (broad SMARTS) is 1. The van der Waals surface area contributed by atoms with Gasteiger partial charge in [-0.3, -0.25) is 4.98 Å². The predicted octanol–water partition coefficient (Wildman–Crippen LogP) is 5.23. The number of aromatic carboxylic acids is 1. The van der Waals surface area contributed by atoms with Gasteiger partial charge in [-0.05, 0) is 54.7 Å². The van der Waals surface area contributed by atoms with E-state index in [2.05, 4.69) is 10.3 Å². The molecule has 0 saturated carbocycles. The van der Waals surface area contributed by atoms with Gasteiger partial charge in [0, 0.05) is 23.5 Å². The van der Waals surface area contributed by atoms with Gasteiger partial charge in [0.25, 0.3) is 0 Å². The number of rotatable bonds is 6. The summed E-state index contributed by atoms with van der Waals surface area (Å²) >= 11 is 5.74. The van der Waals surface area contributed by atoms with Gasteiger partial charge in [0.1, 0.15) is 23.3 Å². The van der Waals surface area contributed by atoms with Gasteiger partial charge in [-0.1, -0.05) is 30.3 Å². The Balaban J connectivity index is 1.62. The van der Waals surface area contributed by atoms with Gasteiger partial charge in [0.15, 0.2) is 5.11 Å². The zero-order chi connectivity index (χ0) is 23.7. The summed E-state index contributed by atoms with van der Waals surface area (Å²) in [6.45, 7) is 0. The van der Waals surface area contributed by atoms with Crippen LogP contribution in [0.1, 0.15) is 33.9 Å². The molecular formula is C26H21N3O4S. The molecule has 8 heteroatoms. The molecule has 170 valence electrons. The Labute approximate surface area is 201 Å². The first-order chi connectivity index (χ1) is 16.6. The number of ether oxygens (including phenoxy) is 1. The molecule has 7 nitrogen and oxygen atoms in total. The number of methoxy groups -OCH3 is 1. The average Bonchev–Trinajstić information content (AvgIpc) is 3.49. The Hall–Kier alpha value is -4.17. The van der Waals surface area contributed by atoms with E-state index in [1.54, 1.807) is 43.6 Å². The van der Waals surface area contributed by atoms with Crippen molar-refractivity contribution in [3.63, 3.8) is 0 Å². The highest BCUT2D eigenvalue weighted by Gasteiger charge is 2.42. The lowest BCUT2D eigenvalue weighted by atomic mass is 10.0.